The molecule has 0 bridgehead atoms. The van der Waals surface area contributed by atoms with Crippen LogP contribution < -0.4 is 9.46 Å². The molecule has 2 rings (SSSR count). The minimum Gasteiger partial charge on any atom is -0.467 e. The van der Waals surface area contributed by atoms with Crippen molar-refractivity contribution in [2.75, 3.05) is 26.9 Å². The molecule has 1 aromatic rings. The Bertz CT molecular complexity index is 738. The van der Waals surface area contributed by atoms with E-state index in [-0.39, 0.29) is 31.2 Å². The van der Waals surface area contributed by atoms with Crippen LogP contribution in [0.4, 0.5) is 0 Å². The zero-order chi connectivity index (χ0) is 20.0. The van der Waals surface area contributed by atoms with E-state index in [1.165, 1.54) is 0 Å². The van der Waals surface area contributed by atoms with Gasteiger partial charge in [0.25, 0.3) is 5.91 Å². The molecule has 0 unspecified atom stereocenters. The molecule has 0 spiro atoms. The number of pyridine rings is 1. The molecule has 152 valence electrons. The summed E-state index contributed by atoms with van der Waals surface area (Å²) >= 11 is 0. The van der Waals surface area contributed by atoms with Gasteiger partial charge in [-0.25, -0.2) is 18.1 Å². The van der Waals surface area contributed by atoms with Crippen LogP contribution in [0.15, 0.2) is 18.3 Å². The first kappa shape index (κ1) is 21.6. The number of nitrogens with zero attached hydrogens (tertiary/aromatic N) is 2. The van der Waals surface area contributed by atoms with Crippen molar-refractivity contribution in [3.8, 4) is 5.88 Å². The lowest BCUT2D eigenvalue weighted by molar-refractivity contribution is -0.139. The number of nitrogens with one attached hydrogen (secondary N) is 1. The number of aromatic nitrogens is 1. The second kappa shape index (κ2) is 9.48. The molecule has 0 saturated carbocycles. The maximum atomic E-state index is 12.8. The SMILES string of the molecule is COC[C@H]1[C@@H](NS(=O)(=O)C(C)C)CCCN1C(=O)COc1ncccc1C. The lowest BCUT2D eigenvalue weighted by Gasteiger charge is -2.41. The van der Waals surface area contributed by atoms with Gasteiger partial charge in [0, 0.05) is 31.5 Å². The lowest BCUT2D eigenvalue weighted by Crippen LogP contribution is -2.60. The van der Waals surface area contributed by atoms with E-state index in [0.29, 0.717) is 25.3 Å². The summed E-state index contributed by atoms with van der Waals surface area (Å²) in [5.74, 6) is 0.207. The van der Waals surface area contributed by atoms with Crippen LogP contribution in [0.2, 0.25) is 0 Å². The quantitative estimate of drug-likeness (QED) is 0.703. The highest BCUT2D eigenvalue weighted by Gasteiger charge is 2.37. The first-order valence-corrected chi connectivity index (χ1v) is 10.6. The fourth-order valence-corrected chi connectivity index (χ4v) is 4.03. The van der Waals surface area contributed by atoms with Crippen molar-refractivity contribution in [1.82, 2.24) is 14.6 Å². The molecular weight excluding hydrogens is 370 g/mol. The van der Waals surface area contributed by atoms with E-state index in [1.54, 1.807) is 38.1 Å². The van der Waals surface area contributed by atoms with Crippen LogP contribution in [0.25, 0.3) is 0 Å². The second-order valence-corrected chi connectivity index (χ2v) is 9.25. The van der Waals surface area contributed by atoms with E-state index in [2.05, 4.69) is 9.71 Å². The molecule has 27 heavy (non-hydrogen) atoms. The number of methoxy groups -OCH3 is 1. The number of hydrogen-bond acceptors (Lipinski definition) is 6. The van der Waals surface area contributed by atoms with Gasteiger partial charge in [-0.15, -0.1) is 0 Å². The van der Waals surface area contributed by atoms with Crippen molar-refractivity contribution in [2.24, 2.45) is 0 Å². The molecule has 2 heterocycles. The van der Waals surface area contributed by atoms with Crippen LogP contribution in [0, 0.1) is 6.92 Å². The zero-order valence-electron chi connectivity index (χ0n) is 16.3. The number of carbonyl (C=O) groups excluding carboxylic acids is 1. The third-order valence-corrected chi connectivity index (χ3v) is 6.54. The minimum absolute atomic E-state index is 0.151. The number of rotatable bonds is 8. The van der Waals surface area contributed by atoms with Gasteiger partial charge in [0.2, 0.25) is 15.9 Å². The van der Waals surface area contributed by atoms with E-state index in [1.807, 2.05) is 13.0 Å². The maximum Gasteiger partial charge on any atom is 0.260 e. The first-order valence-electron chi connectivity index (χ1n) is 9.10. The van der Waals surface area contributed by atoms with Crippen LogP contribution in [0.5, 0.6) is 5.88 Å². The number of hydrogen-bond donors (Lipinski definition) is 1. The van der Waals surface area contributed by atoms with Gasteiger partial charge >= 0.3 is 0 Å². The molecule has 8 nitrogen and oxygen atoms in total. The molecule has 1 aliphatic heterocycles. The Morgan fingerprint density at radius 2 is 2.19 bits per heavy atom. The van der Waals surface area contributed by atoms with Gasteiger partial charge in [-0.3, -0.25) is 4.79 Å². The van der Waals surface area contributed by atoms with Crippen molar-refractivity contribution < 1.29 is 22.7 Å². The monoisotopic (exact) mass is 399 g/mol. The Morgan fingerprint density at radius 1 is 1.44 bits per heavy atom. The van der Waals surface area contributed by atoms with E-state index < -0.39 is 15.3 Å². The Morgan fingerprint density at radius 3 is 2.81 bits per heavy atom. The summed E-state index contributed by atoms with van der Waals surface area (Å²) in [7, 11) is -1.90. The number of aryl methyl sites for hydroxylation is 1. The number of piperidine rings is 1. The predicted octanol–water partition coefficient (Wildman–Crippen LogP) is 1.10. The van der Waals surface area contributed by atoms with Crippen molar-refractivity contribution in [3.05, 3.63) is 23.9 Å². The summed E-state index contributed by atoms with van der Waals surface area (Å²) in [5.41, 5.74) is 0.847. The molecule has 1 aliphatic rings. The molecule has 9 heteroatoms. The Balaban J connectivity index is 2.09. The topological polar surface area (TPSA) is 97.8 Å². The Hall–Kier alpha value is -1.71. The van der Waals surface area contributed by atoms with Gasteiger partial charge in [-0.1, -0.05) is 6.07 Å². The highest BCUT2D eigenvalue weighted by atomic mass is 32.2. The van der Waals surface area contributed by atoms with Crippen molar-refractivity contribution in [1.29, 1.82) is 0 Å². The molecule has 1 amide bonds. The van der Waals surface area contributed by atoms with Crippen LogP contribution >= 0.6 is 0 Å². The number of carbonyl (C=O) groups is 1. The molecule has 1 saturated heterocycles. The van der Waals surface area contributed by atoms with Gasteiger partial charge in [0.05, 0.1) is 17.9 Å². The predicted molar refractivity (Wildman–Crippen MR) is 102 cm³/mol. The minimum atomic E-state index is -3.44. The van der Waals surface area contributed by atoms with Crippen LogP contribution in [0.3, 0.4) is 0 Å². The summed E-state index contributed by atoms with van der Waals surface area (Å²) in [6.07, 6.45) is 2.97. The molecule has 1 aromatic heterocycles. The van der Waals surface area contributed by atoms with Gasteiger partial charge in [-0.05, 0) is 39.7 Å². The summed E-state index contributed by atoms with van der Waals surface area (Å²) in [6.45, 7) is 5.75. The van der Waals surface area contributed by atoms with Gasteiger partial charge in [0.15, 0.2) is 6.61 Å². The van der Waals surface area contributed by atoms with E-state index in [0.717, 1.165) is 5.56 Å². The maximum absolute atomic E-state index is 12.8. The van der Waals surface area contributed by atoms with E-state index in [9.17, 15) is 13.2 Å². The highest BCUT2D eigenvalue weighted by molar-refractivity contribution is 7.90. The normalized spacial score (nSPS) is 20.7. The van der Waals surface area contributed by atoms with Crippen molar-refractivity contribution in [2.45, 2.75) is 50.9 Å². The summed E-state index contributed by atoms with van der Waals surface area (Å²) < 4.78 is 38.1. The average molecular weight is 400 g/mol. The molecule has 0 aromatic carbocycles. The number of ether oxygens (including phenoxy) is 2. The first-order chi connectivity index (χ1) is 12.8. The number of sulfonamides is 1. The Kier molecular flexibility index (Phi) is 7.58. The second-order valence-electron chi connectivity index (χ2n) is 6.98. The van der Waals surface area contributed by atoms with Gasteiger partial charge < -0.3 is 14.4 Å². The van der Waals surface area contributed by atoms with Gasteiger partial charge in [-0.2, -0.15) is 0 Å². The smallest absolute Gasteiger partial charge is 0.260 e. The molecule has 1 N–H and O–H groups in total. The number of likely N-dealkylation sites (tertiary alicyclic amines) is 1. The van der Waals surface area contributed by atoms with Crippen LogP contribution in [-0.2, 0) is 19.6 Å². The molecule has 1 fully saturated rings. The summed E-state index contributed by atoms with van der Waals surface area (Å²) in [4.78, 5) is 18.5. The largest absolute Gasteiger partial charge is 0.467 e. The standard InChI is InChI=1S/C18H29N3O5S/c1-13(2)27(23,24)20-15-8-6-10-21(16(15)11-25-4)17(22)12-26-18-14(3)7-5-9-19-18/h5,7,9,13,15-16,20H,6,8,10-12H2,1-4H3/t15-,16-/m0/s1. The molecule has 0 radical (unpaired) electrons. The summed E-state index contributed by atoms with van der Waals surface area (Å²) in [6, 6.07) is 2.90. The third kappa shape index (κ3) is 5.63. The molecular formula is C18H29N3O5S. The Labute approximate surface area is 161 Å². The van der Waals surface area contributed by atoms with E-state index >= 15 is 0 Å². The van der Waals surface area contributed by atoms with Crippen molar-refractivity contribution >= 4 is 15.9 Å². The van der Waals surface area contributed by atoms with Crippen LogP contribution in [-0.4, -0.2) is 68.4 Å². The fraction of sp³-hybridized carbons (Fsp3) is 0.667. The van der Waals surface area contributed by atoms with Gasteiger partial charge in [0.1, 0.15) is 0 Å². The zero-order valence-corrected chi connectivity index (χ0v) is 17.2. The average Bonchev–Trinajstić information content (AvgIpc) is 2.62. The highest BCUT2D eigenvalue weighted by Crippen LogP contribution is 2.21. The van der Waals surface area contributed by atoms with Crippen LogP contribution in [0.1, 0.15) is 32.3 Å². The third-order valence-electron chi connectivity index (χ3n) is 4.67. The van der Waals surface area contributed by atoms with E-state index in [4.69, 9.17) is 9.47 Å². The molecule has 0 aliphatic carbocycles. The molecule has 2 atom stereocenters. The fourth-order valence-electron chi connectivity index (χ4n) is 3.06. The summed E-state index contributed by atoms with van der Waals surface area (Å²) in [5, 5.41) is -0.540. The van der Waals surface area contributed by atoms with Crippen molar-refractivity contribution in [3.63, 3.8) is 0 Å². The lowest BCUT2D eigenvalue weighted by atomic mass is 9.97. The number of amides is 1.